The molecule has 0 aliphatic carbocycles. The highest BCUT2D eigenvalue weighted by atomic mass is 32.1. The first-order chi connectivity index (χ1) is 13.1. The molecule has 1 aromatic carbocycles. The van der Waals surface area contributed by atoms with Crippen LogP contribution in [0.15, 0.2) is 30.3 Å². The van der Waals surface area contributed by atoms with Gasteiger partial charge in [0.15, 0.2) is 0 Å². The van der Waals surface area contributed by atoms with Crippen LogP contribution in [0.1, 0.15) is 21.8 Å². The molecule has 0 atom stereocenters. The topological polar surface area (TPSA) is 41.5 Å². The first-order valence-corrected chi connectivity index (χ1v) is 10.3. The second-order valence-electron chi connectivity index (χ2n) is 7.16. The monoisotopic (exact) mass is 382 g/mol. The van der Waals surface area contributed by atoms with Crippen molar-refractivity contribution in [1.29, 1.82) is 0 Å². The Morgan fingerprint density at radius 2 is 1.85 bits per heavy atom. The minimum absolute atomic E-state index is 0.779. The smallest absolute Gasteiger partial charge is 0.146 e. The molecule has 0 bridgehead atoms. The van der Waals surface area contributed by atoms with E-state index in [0.717, 1.165) is 55.9 Å². The molecule has 1 aliphatic heterocycles. The first kappa shape index (κ1) is 18.3. The molecule has 3 heterocycles. The molecule has 0 radical (unpaired) electrons. The molecule has 5 nitrogen and oxygen atoms in total. The summed E-state index contributed by atoms with van der Waals surface area (Å²) in [7, 11) is 2.12. The third kappa shape index (κ3) is 3.98. The van der Waals surface area contributed by atoms with E-state index in [1.807, 2.05) is 0 Å². The minimum atomic E-state index is 0.779. The van der Waals surface area contributed by atoms with Gasteiger partial charge in [-0.25, -0.2) is 9.97 Å². The summed E-state index contributed by atoms with van der Waals surface area (Å²) < 4.78 is 5.47. The minimum Gasteiger partial charge on any atom is -0.379 e. The van der Waals surface area contributed by atoms with Gasteiger partial charge in [0.25, 0.3) is 0 Å². The second-order valence-corrected chi connectivity index (χ2v) is 8.36. The van der Waals surface area contributed by atoms with Gasteiger partial charge in [0.05, 0.1) is 25.1 Å². The molecule has 1 aliphatic rings. The molecule has 2 aromatic heterocycles. The lowest BCUT2D eigenvalue weighted by Crippen LogP contribution is -2.36. The maximum absolute atomic E-state index is 5.47. The summed E-state index contributed by atoms with van der Waals surface area (Å²) in [5, 5.41) is 1.20. The molecule has 0 N–H and O–H groups in total. The Bertz CT molecular complexity index is 919. The van der Waals surface area contributed by atoms with Crippen LogP contribution in [0, 0.1) is 13.8 Å². The fourth-order valence-corrected chi connectivity index (χ4v) is 4.55. The van der Waals surface area contributed by atoms with Crippen molar-refractivity contribution in [2.75, 3.05) is 38.3 Å². The molecule has 1 fully saturated rings. The van der Waals surface area contributed by atoms with E-state index in [0.29, 0.717) is 0 Å². The zero-order chi connectivity index (χ0) is 18.8. The normalized spacial score (nSPS) is 15.4. The van der Waals surface area contributed by atoms with Crippen LogP contribution in [0.25, 0.3) is 10.2 Å². The average molecular weight is 383 g/mol. The number of aryl methyl sites for hydroxylation is 2. The van der Waals surface area contributed by atoms with E-state index >= 15 is 0 Å². The van der Waals surface area contributed by atoms with Gasteiger partial charge in [-0.15, -0.1) is 11.3 Å². The molecule has 4 rings (SSSR count). The largest absolute Gasteiger partial charge is 0.379 e. The summed E-state index contributed by atoms with van der Waals surface area (Å²) in [4.78, 5) is 16.9. The van der Waals surface area contributed by atoms with Gasteiger partial charge < -0.3 is 9.64 Å². The molecule has 142 valence electrons. The van der Waals surface area contributed by atoms with Gasteiger partial charge >= 0.3 is 0 Å². The maximum atomic E-state index is 5.47. The predicted octanol–water partition coefficient (Wildman–Crippen LogP) is 3.78. The molecule has 0 saturated carbocycles. The number of aromatic nitrogens is 2. The highest BCUT2D eigenvalue weighted by Gasteiger charge is 2.19. The fourth-order valence-electron chi connectivity index (χ4n) is 3.51. The fraction of sp³-hybridized carbons (Fsp3) is 0.429. The Morgan fingerprint density at radius 1 is 1.11 bits per heavy atom. The number of fused-ring (bicyclic) bond motifs is 1. The van der Waals surface area contributed by atoms with Gasteiger partial charge in [0.2, 0.25) is 0 Å². The number of benzene rings is 1. The summed E-state index contributed by atoms with van der Waals surface area (Å²) >= 11 is 1.77. The van der Waals surface area contributed by atoms with E-state index < -0.39 is 0 Å². The van der Waals surface area contributed by atoms with Crippen molar-refractivity contribution in [2.45, 2.75) is 26.9 Å². The van der Waals surface area contributed by atoms with Crippen molar-refractivity contribution >= 4 is 27.4 Å². The van der Waals surface area contributed by atoms with Gasteiger partial charge in [0.1, 0.15) is 16.5 Å². The summed E-state index contributed by atoms with van der Waals surface area (Å²) in [6, 6.07) is 10.6. The average Bonchev–Trinajstić information content (AvgIpc) is 2.96. The summed E-state index contributed by atoms with van der Waals surface area (Å²) in [5.74, 6) is 1.94. The lowest BCUT2D eigenvalue weighted by molar-refractivity contribution is 0.0331. The third-order valence-electron chi connectivity index (χ3n) is 5.15. The predicted molar refractivity (Wildman–Crippen MR) is 112 cm³/mol. The highest BCUT2D eigenvalue weighted by molar-refractivity contribution is 7.18. The Morgan fingerprint density at radius 3 is 2.59 bits per heavy atom. The van der Waals surface area contributed by atoms with Crippen molar-refractivity contribution in [1.82, 2.24) is 14.9 Å². The third-order valence-corrected chi connectivity index (χ3v) is 6.25. The SMILES string of the molecule is Cc1sc2nc(CN3CCOCC3)nc(N(C)Cc3ccccc3)c2c1C. The Balaban J connectivity index is 1.69. The van der Waals surface area contributed by atoms with Crippen molar-refractivity contribution in [3.05, 3.63) is 52.2 Å². The summed E-state index contributed by atoms with van der Waals surface area (Å²) in [5.41, 5.74) is 2.58. The van der Waals surface area contributed by atoms with Crippen molar-refractivity contribution < 1.29 is 4.74 Å². The molecule has 0 amide bonds. The molecule has 6 heteroatoms. The van der Waals surface area contributed by atoms with E-state index in [1.54, 1.807) is 11.3 Å². The molecule has 0 spiro atoms. The maximum Gasteiger partial charge on any atom is 0.146 e. The highest BCUT2D eigenvalue weighted by Crippen LogP contribution is 2.35. The van der Waals surface area contributed by atoms with Crippen molar-refractivity contribution in [3.63, 3.8) is 0 Å². The number of hydrogen-bond acceptors (Lipinski definition) is 6. The van der Waals surface area contributed by atoms with Gasteiger partial charge in [-0.05, 0) is 25.0 Å². The quantitative estimate of drug-likeness (QED) is 0.672. The number of ether oxygens (including phenoxy) is 1. The Kier molecular flexibility index (Phi) is 5.38. The van der Waals surface area contributed by atoms with Crippen LogP contribution in [-0.4, -0.2) is 48.2 Å². The van der Waals surface area contributed by atoms with E-state index in [4.69, 9.17) is 14.7 Å². The van der Waals surface area contributed by atoms with Crippen LogP contribution in [0.4, 0.5) is 5.82 Å². The van der Waals surface area contributed by atoms with E-state index in [2.05, 4.69) is 61.0 Å². The van der Waals surface area contributed by atoms with E-state index in [1.165, 1.54) is 21.4 Å². The van der Waals surface area contributed by atoms with Crippen LogP contribution >= 0.6 is 11.3 Å². The zero-order valence-corrected chi connectivity index (χ0v) is 17.1. The molecule has 0 unspecified atom stereocenters. The zero-order valence-electron chi connectivity index (χ0n) is 16.2. The van der Waals surface area contributed by atoms with Crippen LogP contribution in [-0.2, 0) is 17.8 Å². The number of morpholine rings is 1. The second kappa shape index (κ2) is 7.92. The number of nitrogens with zero attached hydrogens (tertiary/aromatic N) is 4. The Hall–Kier alpha value is -2.02. The molecular weight excluding hydrogens is 356 g/mol. The van der Waals surface area contributed by atoms with Gasteiger partial charge in [-0.1, -0.05) is 30.3 Å². The molecule has 1 saturated heterocycles. The summed E-state index contributed by atoms with van der Waals surface area (Å²) in [6.07, 6.45) is 0. The van der Waals surface area contributed by atoms with Crippen LogP contribution in [0.5, 0.6) is 0 Å². The van der Waals surface area contributed by atoms with Crippen LogP contribution < -0.4 is 4.90 Å². The Labute approximate surface area is 164 Å². The van der Waals surface area contributed by atoms with E-state index in [-0.39, 0.29) is 0 Å². The first-order valence-electron chi connectivity index (χ1n) is 9.43. The van der Waals surface area contributed by atoms with Gasteiger partial charge in [0, 0.05) is 31.6 Å². The lowest BCUT2D eigenvalue weighted by atomic mass is 10.2. The van der Waals surface area contributed by atoms with Gasteiger partial charge in [-0.3, -0.25) is 4.90 Å². The standard InChI is InChI=1S/C21H26N4OS/c1-15-16(2)27-21-19(15)20(24(3)13-17-7-5-4-6-8-17)22-18(23-21)14-25-9-11-26-12-10-25/h4-8H,9-14H2,1-3H3. The summed E-state index contributed by atoms with van der Waals surface area (Å²) in [6.45, 7) is 9.43. The number of rotatable bonds is 5. The van der Waals surface area contributed by atoms with E-state index in [9.17, 15) is 0 Å². The lowest BCUT2D eigenvalue weighted by Gasteiger charge is -2.26. The molecule has 27 heavy (non-hydrogen) atoms. The number of hydrogen-bond donors (Lipinski definition) is 0. The van der Waals surface area contributed by atoms with Crippen LogP contribution in [0.2, 0.25) is 0 Å². The van der Waals surface area contributed by atoms with Crippen molar-refractivity contribution in [2.24, 2.45) is 0 Å². The number of thiophene rings is 1. The van der Waals surface area contributed by atoms with Crippen molar-refractivity contribution in [3.8, 4) is 0 Å². The molecule has 3 aromatic rings. The van der Waals surface area contributed by atoms with Crippen LogP contribution in [0.3, 0.4) is 0 Å². The number of anilines is 1. The molecular formula is C21H26N4OS. The van der Waals surface area contributed by atoms with Gasteiger partial charge in [-0.2, -0.15) is 0 Å².